The SMILES string of the molecule is O=C(Cc1cnn2ccccc12)N1CC2(C1)CN(C(=O)c1ccon1)C2. The summed E-state index contributed by atoms with van der Waals surface area (Å²) < 4.78 is 6.50. The molecule has 0 radical (unpaired) electrons. The quantitative estimate of drug-likeness (QED) is 0.698. The van der Waals surface area contributed by atoms with Crippen LogP contribution < -0.4 is 0 Å². The van der Waals surface area contributed by atoms with Gasteiger partial charge >= 0.3 is 0 Å². The van der Waals surface area contributed by atoms with Crippen LogP contribution in [0.3, 0.4) is 0 Å². The highest BCUT2D eigenvalue weighted by molar-refractivity contribution is 5.93. The number of pyridine rings is 1. The van der Waals surface area contributed by atoms with E-state index in [0.717, 1.165) is 11.1 Å². The Morgan fingerprint density at radius 1 is 1.12 bits per heavy atom. The molecule has 3 aromatic heterocycles. The van der Waals surface area contributed by atoms with Crippen molar-refractivity contribution in [3.8, 4) is 0 Å². The van der Waals surface area contributed by atoms with Gasteiger partial charge in [0.25, 0.3) is 5.91 Å². The van der Waals surface area contributed by atoms with E-state index in [1.54, 1.807) is 21.7 Å². The van der Waals surface area contributed by atoms with E-state index in [2.05, 4.69) is 10.3 Å². The molecule has 5 heterocycles. The van der Waals surface area contributed by atoms with Gasteiger partial charge in [0.05, 0.1) is 18.1 Å². The number of amides is 2. The van der Waals surface area contributed by atoms with E-state index in [9.17, 15) is 9.59 Å². The number of aromatic nitrogens is 3. The molecule has 2 fully saturated rings. The molecule has 0 aromatic carbocycles. The van der Waals surface area contributed by atoms with Crippen molar-refractivity contribution in [2.45, 2.75) is 6.42 Å². The normalized spacial score (nSPS) is 18.0. The topological polar surface area (TPSA) is 84.0 Å². The fraction of sp³-hybridized carbons (Fsp3) is 0.333. The number of likely N-dealkylation sites (tertiary alicyclic amines) is 2. The summed E-state index contributed by atoms with van der Waals surface area (Å²) in [6.07, 6.45) is 5.37. The maximum atomic E-state index is 12.6. The average Bonchev–Trinajstić information content (AvgIpc) is 3.22. The van der Waals surface area contributed by atoms with Gasteiger partial charge < -0.3 is 14.3 Å². The zero-order chi connectivity index (χ0) is 17.7. The molecule has 0 unspecified atom stereocenters. The zero-order valence-electron chi connectivity index (χ0n) is 14.0. The van der Waals surface area contributed by atoms with Crippen molar-refractivity contribution in [2.75, 3.05) is 26.2 Å². The van der Waals surface area contributed by atoms with E-state index in [-0.39, 0.29) is 17.2 Å². The summed E-state index contributed by atoms with van der Waals surface area (Å²) in [6.45, 7) is 2.74. The summed E-state index contributed by atoms with van der Waals surface area (Å²) in [4.78, 5) is 28.4. The summed E-state index contributed by atoms with van der Waals surface area (Å²) in [5, 5.41) is 7.95. The molecule has 2 aliphatic rings. The second-order valence-electron chi connectivity index (χ2n) is 7.17. The Hall–Kier alpha value is -3.16. The monoisotopic (exact) mass is 351 g/mol. The molecular weight excluding hydrogens is 334 g/mol. The van der Waals surface area contributed by atoms with Gasteiger partial charge in [-0.3, -0.25) is 9.59 Å². The smallest absolute Gasteiger partial charge is 0.276 e. The molecule has 1 spiro atoms. The summed E-state index contributed by atoms with van der Waals surface area (Å²) in [5.74, 6) is -0.00355. The molecule has 2 aliphatic heterocycles. The number of nitrogens with zero attached hydrogens (tertiary/aromatic N) is 5. The molecule has 26 heavy (non-hydrogen) atoms. The zero-order valence-corrected chi connectivity index (χ0v) is 14.0. The maximum Gasteiger partial charge on any atom is 0.276 e. The van der Waals surface area contributed by atoms with Crippen LogP contribution in [0.1, 0.15) is 16.1 Å². The highest BCUT2D eigenvalue weighted by atomic mass is 16.5. The fourth-order valence-corrected chi connectivity index (χ4v) is 3.93. The molecule has 5 rings (SSSR count). The predicted octanol–water partition coefficient (Wildman–Crippen LogP) is 0.849. The predicted molar refractivity (Wildman–Crippen MR) is 90.3 cm³/mol. The van der Waals surface area contributed by atoms with E-state index in [4.69, 9.17) is 4.52 Å². The maximum absolute atomic E-state index is 12.6. The second kappa shape index (κ2) is 5.42. The first-order valence-electron chi connectivity index (χ1n) is 8.52. The van der Waals surface area contributed by atoms with E-state index in [0.29, 0.717) is 38.3 Å². The highest BCUT2D eigenvalue weighted by Gasteiger charge is 2.54. The van der Waals surface area contributed by atoms with Crippen LogP contribution in [0.5, 0.6) is 0 Å². The first-order valence-corrected chi connectivity index (χ1v) is 8.52. The van der Waals surface area contributed by atoms with Gasteiger partial charge in [-0.05, 0) is 12.1 Å². The van der Waals surface area contributed by atoms with Crippen LogP contribution in [-0.4, -0.2) is 62.6 Å². The van der Waals surface area contributed by atoms with Crippen molar-refractivity contribution >= 4 is 17.3 Å². The van der Waals surface area contributed by atoms with Crippen molar-refractivity contribution in [1.82, 2.24) is 24.6 Å². The van der Waals surface area contributed by atoms with Gasteiger partial charge in [-0.15, -0.1) is 0 Å². The van der Waals surface area contributed by atoms with Gasteiger partial charge in [-0.25, -0.2) is 4.52 Å². The second-order valence-corrected chi connectivity index (χ2v) is 7.17. The molecule has 132 valence electrons. The van der Waals surface area contributed by atoms with Crippen molar-refractivity contribution in [3.63, 3.8) is 0 Å². The number of carbonyl (C=O) groups is 2. The molecule has 0 saturated carbocycles. The molecule has 0 aliphatic carbocycles. The standard InChI is InChI=1S/C18H17N5O3/c24-16(7-13-8-19-23-5-2-1-3-15(13)23)21-9-18(10-21)11-22(12-18)17(25)14-4-6-26-20-14/h1-6,8H,7,9-12H2. The van der Waals surface area contributed by atoms with Crippen LogP contribution in [0.25, 0.3) is 5.52 Å². The molecule has 2 saturated heterocycles. The van der Waals surface area contributed by atoms with Crippen molar-refractivity contribution in [2.24, 2.45) is 5.41 Å². The number of hydrogen-bond acceptors (Lipinski definition) is 5. The van der Waals surface area contributed by atoms with Crippen molar-refractivity contribution in [1.29, 1.82) is 0 Å². The van der Waals surface area contributed by atoms with Crippen LogP contribution in [0.2, 0.25) is 0 Å². The van der Waals surface area contributed by atoms with Gasteiger partial charge in [-0.1, -0.05) is 11.2 Å². The van der Waals surface area contributed by atoms with Crippen LogP contribution in [0.4, 0.5) is 0 Å². The molecule has 8 heteroatoms. The summed E-state index contributed by atoms with van der Waals surface area (Å²) in [6, 6.07) is 7.39. The van der Waals surface area contributed by atoms with Crippen LogP contribution in [0.15, 0.2) is 47.4 Å². The number of fused-ring (bicyclic) bond motifs is 1. The van der Waals surface area contributed by atoms with E-state index >= 15 is 0 Å². The van der Waals surface area contributed by atoms with Crippen molar-refractivity contribution in [3.05, 3.63) is 54.2 Å². The Labute approximate surface area is 149 Å². The Kier molecular flexibility index (Phi) is 3.15. The molecule has 2 amide bonds. The van der Waals surface area contributed by atoms with Crippen molar-refractivity contribution < 1.29 is 14.1 Å². The Morgan fingerprint density at radius 2 is 1.92 bits per heavy atom. The van der Waals surface area contributed by atoms with E-state index in [1.807, 2.05) is 29.3 Å². The minimum Gasteiger partial charge on any atom is -0.364 e. The average molecular weight is 351 g/mol. The third kappa shape index (κ3) is 2.29. The van der Waals surface area contributed by atoms with Crippen LogP contribution >= 0.6 is 0 Å². The van der Waals surface area contributed by atoms with Gasteiger partial charge in [0.1, 0.15) is 6.26 Å². The summed E-state index contributed by atoms with van der Waals surface area (Å²) in [7, 11) is 0. The third-order valence-corrected chi connectivity index (χ3v) is 5.25. The lowest BCUT2D eigenvalue weighted by molar-refractivity contribution is -0.153. The first-order chi connectivity index (χ1) is 12.6. The lowest BCUT2D eigenvalue weighted by Crippen LogP contribution is -2.73. The summed E-state index contributed by atoms with van der Waals surface area (Å²) >= 11 is 0. The molecular formula is C18H17N5O3. The molecule has 0 atom stereocenters. The number of hydrogen-bond donors (Lipinski definition) is 0. The molecule has 3 aromatic rings. The molecule has 0 bridgehead atoms. The third-order valence-electron chi connectivity index (χ3n) is 5.25. The lowest BCUT2D eigenvalue weighted by Gasteiger charge is -2.60. The first kappa shape index (κ1) is 15.1. The Bertz CT molecular complexity index is 979. The Morgan fingerprint density at radius 3 is 2.69 bits per heavy atom. The lowest BCUT2D eigenvalue weighted by atomic mass is 9.72. The molecule has 0 N–H and O–H groups in total. The van der Waals surface area contributed by atoms with Crippen LogP contribution in [-0.2, 0) is 11.2 Å². The number of carbonyl (C=O) groups excluding carboxylic acids is 2. The van der Waals surface area contributed by atoms with E-state index < -0.39 is 0 Å². The minimum atomic E-state index is -0.111. The van der Waals surface area contributed by atoms with Gasteiger partial charge in [0.15, 0.2) is 5.69 Å². The molecule has 8 nitrogen and oxygen atoms in total. The summed E-state index contributed by atoms with van der Waals surface area (Å²) in [5.41, 5.74) is 2.29. The fourth-order valence-electron chi connectivity index (χ4n) is 3.93. The van der Waals surface area contributed by atoms with Gasteiger partial charge in [-0.2, -0.15) is 5.10 Å². The minimum absolute atomic E-state index is 0.0517. The highest BCUT2D eigenvalue weighted by Crippen LogP contribution is 2.40. The van der Waals surface area contributed by atoms with Gasteiger partial charge in [0.2, 0.25) is 5.91 Å². The van der Waals surface area contributed by atoms with Gasteiger partial charge in [0, 0.05) is 49.4 Å². The Balaban J connectivity index is 1.17. The van der Waals surface area contributed by atoms with E-state index in [1.165, 1.54) is 6.26 Å². The van der Waals surface area contributed by atoms with Crippen LogP contribution in [0, 0.1) is 5.41 Å². The number of rotatable bonds is 3. The largest absolute Gasteiger partial charge is 0.364 e.